The maximum atomic E-state index is 4.93. The Morgan fingerprint density at radius 3 is 1.78 bits per heavy atom. The van der Waals surface area contributed by atoms with Gasteiger partial charge in [-0.15, -0.1) is 11.3 Å². The average molecular weight is 604 g/mol. The van der Waals surface area contributed by atoms with Crippen LogP contribution in [0.3, 0.4) is 0 Å². The van der Waals surface area contributed by atoms with Crippen molar-refractivity contribution in [2.75, 3.05) is 0 Å². The second kappa shape index (κ2) is 10.8. The van der Waals surface area contributed by atoms with Crippen molar-refractivity contribution in [2.45, 2.75) is 6.92 Å². The van der Waals surface area contributed by atoms with Crippen LogP contribution in [0.1, 0.15) is 5.56 Å². The molecule has 1 heterocycles. The van der Waals surface area contributed by atoms with Gasteiger partial charge in [-0.3, -0.25) is 0 Å². The molecule has 46 heavy (non-hydrogen) atoms. The van der Waals surface area contributed by atoms with Crippen LogP contribution in [0.15, 0.2) is 158 Å². The molecule has 0 aliphatic heterocycles. The van der Waals surface area contributed by atoms with Gasteiger partial charge in [0.25, 0.3) is 0 Å². The number of hydrogen-bond donors (Lipinski definition) is 0. The summed E-state index contributed by atoms with van der Waals surface area (Å²) in [5.41, 5.74) is 10.9. The third-order valence-corrected chi connectivity index (χ3v) is 10.2. The van der Waals surface area contributed by atoms with Crippen molar-refractivity contribution in [3.63, 3.8) is 0 Å². The van der Waals surface area contributed by atoms with E-state index in [2.05, 4.69) is 165 Å². The zero-order valence-corrected chi connectivity index (χ0v) is 26.2. The quantitative estimate of drug-likeness (QED) is 0.182. The molecule has 1 nitrogen and oxygen atoms in total. The highest BCUT2D eigenvalue weighted by atomic mass is 32.1. The van der Waals surface area contributed by atoms with E-state index in [0.29, 0.717) is 0 Å². The normalized spacial score (nSPS) is 11.6. The predicted octanol–water partition coefficient (Wildman–Crippen LogP) is 12.7. The molecule has 0 N–H and O–H groups in total. The molecule has 0 aliphatic carbocycles. The van der Waals surface area contributed by atoms with Gasteiger partial charge in [-0.1, -0.05) is 133 Å². The van der Waals surface area contributed by atoms with Crippen LogP contribution in [0.4, 0.5) is 0 Å². The number of fused-ring (bicyclic) bond motifs is 6. The van der Waals surface area contributed by atoms with Crippen LogP contribution in [-0.4, -0.2) is 4.98 Å². The Morgan fingerprint density at radius 1 is 0.413 bits per heavy atom. The molecule has 0 saturated heterocycles. The van der Waals surface area contributed by atoms with Gasteiger partial charge in [-0.25, -0.2) is 4.98 Å². The lowest BCUT2D eigenvalue weighted by molar-refractivity contribution is 1.45. The first kappa shape index (κ1) is 26.8. The molecule has 0 bridgehead atoms. The maximum Gasteiger partial charge on any atom is 0.124 e. The minimum absolute atomic E-state index is 1.06. The molecular formula is C44H29NS. The fourth-order valence-electron chi connectivity index (χ4n) is 6.95. The Labute approximate surface area is 272 Å². The lowest BCUT2D eigenvalue weighted by atomic mass is 9.85. The molecule has 0 aliphatic rings. The number of benzene rings is 8. The van der Waals surface area contributed by atoms with E-state index in [1.807, 2.05) is 0 Å². The minimum atomic E-state index is 1.06. The van der Waals surface area contributed by atoms with Crippen LogP contribution in [0, 0.1) is 6.92 Å². The number of hydrogen-bond acceptors (Lipinski definition) is 2. The second-order valence-electron chi connectivity index (χ2n) is 12.0. The largest absolute Gasteiger partial charge is 0.236 e. The van der Waals surface area contributed by atoms with E-state index in [1.165, 1.54) is 76.0 Å². The summed E-state index contributed by atoms with van der Waals surface area (Å²) in [6, 6.07) is 57.5. The van der Waals surface area contributed by atoms with Gasteiger partial charge in [0.05, 0.1) is 10.2 Å². The van der Waals surface area contributed by atoms with E-state index in [0.717, 1.165) is 16.1 Å². The smallest absolute Gasteiger partial charge is 0.124 e. The topological polar surface area (TPSA) is 12.9 Å². The minimum Gasteiger partial charge on any atom is -0.236 e. The monoisotopic (exact) mass is 603 g/mol. The van der Waals surface area contributed by atoms with Crippen molar-refractivity contribution in [1.82, 2.24) is 4.98 Å². The summed E-state index contributed by atoms with van der Waals surface area (Å²) >= 11 is 1.76. The van der Waals surface area contributed by atoms with Crippen molar-refractivity contribution < 1.29 is 0 Å². The highest BCUT2D eigenvalue weighted by Gasteiger charge is 2.17. The zero-order valence-electron chi connectivity index (χ0n) is 25.4. The van der Waals surface area contributed by atoms with E-state index >= 15 is 0 Å². The maximum absolute atomic E-state index is 4.93. The van der Waals surface area contributed by atoms with Gasteiger partial charge in [-0.2, -0.15) is 0 Å². The summed E-state index contributed by atoms with van der Waals surface area (Å²) in [5.74, 6) is 0. The lowest BCUT2D eigenvalue weighted by Gasteiger charge is -2.18. The summed E-state index contributed by atoms with van der Waals surface area (Å²) in [5, 5.41) is 8.70. The highest BCUT2D eigenvalue weighted by molar-refractivity contribution is 7.21. The Balaban J connectivity index is 1.30. The first-order valence-corrected chi connectivity index (χ1v) is 16.5. The van der Waals surface area contributed by atoms with Gasteiger partial charge in [0.1, 0.15) is 5.01 Å². The van der Waals surface area contributed by atoms with Gasteiger partial charge in [0, 0.05) is 5.56 Å². The summed E-state index contributed by atoms with van der Waals surface area (Å²) in [6.45, 7) is 2.13. The zero-order chi connectivity index (χ0) is 30.6. The molecule has 9 rings (SSSR count). The van der Waals surface area contributed by atoms with Gasteiger partial charge in [0.15, 0.2) is 0 Å². The third kappa shape index (κ3) is 4.42. The van der Waals surface area contributed by atoms with Crippen molar-refractivity contribution in [2.24, 2.45) is 0 Å². The molecule has 0 saturated carbocycles. The van der Waals surface area contributed by atoms with Crippen molar-refractivity contribution in [1.29, 1.82) is 0 Å². The Kier molecular flexibility index (Phi) is 6.29. The standard InChI is InChI=1S/C44H29NS/c1-28-19-24-41-42(25-28)46-44(45-41)32-22-20-31(21-23-32)33-17-10-18-35-39(33)27-38(30-13-6-3-7-14-30)43-36-16-9-8-15-34(36)37(26-40(35)43)29-11-4-2-5-12-29/h2-27H,1H3. The van der Waals surface area contributed by atoms with Crippen LogP contribution >= 0.6 is 11.3 Å². The number of thiazole rings is 1. The van der Waals surface area contributed by atoms with Crippen molar-refractivity contribution >= 4 is 53.9 Å². The molecule has 0 fully saturated rings. The van der Waals surface area contributed by atoms with E-state index in [9.17, 15) is 0 Å². The van der Waals surface area contributed by atoms with Crippen LogP contribution in [0.25, 0.3) is 86.5 Å². The van der Waals surface area contributed by atoms with Crippen molar-refractivity contribution in [3.8, 4) is 44.0 Å². The molecule has 0 unspecified atom stereocenters. The molecule has 0 atom stereocenters. The molecule has 9 aromatic rings. The number of aryl methyl sites for hydroxylation is 1. The molecule has 0 spiro atoms. The van der Waals surface area contributed by atoms with Crippen LogP contribution in [-0.2, 0) is 0 Å². The second-order valence-corrected chi connectivity index (χ2v) is 13.0. The molecule has 1 aromatic heterocycles. The first-order valence-electron chi connectivity index (χ1n) is 15.7. The molecule has 8 aromatic carbocycles. The van der Waals surface area contributed by atoms with Crippen LogP contribution in [0.5, 0.6) is 0 Å². The van der Waals surface area contributed by atoms with E-state index in [4.69, 9.17) is 4.98 Å². The Bertz CT molecular complexity index is 2560. The number of aromatic nitrogens is 1. The SMILES string of the molecule is Cc1ccc2nc(-c3ccc(-c4cccc5c4cc(-c4ccccc4)c4c6ccccc6c(-c6ccccc6)cc54)cc3)sc2c1. The summed E-state index contributed by atoms with van der Waals surface area (Å²) in [7, 11) is 0. The molecule has 0 amide bonds. The summed E-state index contributed by atoms with van der Waals surface area (Å²) in [6.07, 6.45) is 0. The number of rotatable bonds is 4. The van der Waals surface area contributed by atoms with E-state index < -0.39 is 0 Å². The van der Waals surface area contributed by atoms with Gasteiger partial charge in [0.2, 0.25) is 0 Å². The summed E-state index contributed by atoms with van der Waals surface area (Å²) in [4.78, 5) is 4.93. The fourth-order valence-corrected chi connectivity index (χ4v) is 8.02. The van der Waals surface area contributed by atoms with Gasteiger partial charge < -0.3 is 0 Å². The lowest BCUT2D eigenvalue weighted by Crippen LogP contribution is -1.91. The van der Waals surface area contributed by atoms with Gasteiger partial charge >= 0.3 is 0 Å². The fraction of sp³-hybridized carbons (Fsp3) is 0.0227. The van der Waals surface area contributed by atoms with E-state index in [1.54, 1.807) is 11.3 Å². The molecule has 0 radical (unpaired) electrons. The van der Waals surface area contributed by atoms with Crippen LogP contribution in [0.2, 0.25) is 0 Å². The molecule has 216 valence electrons. The Hall–Kier alpha value is -5.57. The van der Waals surface area contributed by atoms with Crippen LogP contribution < -0.4 is 0 Å². The molecular weight excluding hydrogens is 575 g/mol. The van der Waals surface area contributed by atoms with Crippen molar-refractivity contribution in [3.05, 3.63) is 163 Å². The highest BCUT2D eigenvalue weighted by Crippen LogP contribution is 2.45. The number of nitrogens with zero attached hydrogens (tertiary/aromatic N) is 1. The summed E-state index contributed by atoms with van der Waals surface area (Å²) < 4.78 is 1.23. The molecule has 2 heteroatoms. The average Bonchev–Trinajstić information content (AvgIpc) is 3.55. The first-order chi connectivity index (χ1) is 22.7. The van der Waals surface area contributed by atoms with E-state index in [-0.39, 0.29) is 0 Å². The predicted molar refractivity (Wildman–Crippen MR) is 199 cm³/mol. The Morgan fingerprint density at radius 2 is 1.02 bits per heavy atom. The third-order valence-electron chi connectivity index (χ3n) is 9.16. The van der Waals surface area contributed by atoms with Gasteiger partial charge in [-0.05, 0) is 102 Å².